The molecule has 3 rings (SSSR count). The van der Waals surface area contributed by atoms with Gasteiger partial charge >= 0.3 is 5.97 Å². The largest absolute Gasteiger partial charge is 0.490 e. The second-order valence-electron chi connectivity index (χ2n) is 6.59. The molecule has 1 aliphatic rings. The number of benzene rings is 1. The molecular formula is C20H25N3O5. The molecule has 150 valence electrons. The first-order valence-corrected chi connectivity index (χ1v) is 9.49. The number of nitrogens with zero attached hydrogens (tertiary/aromatic N) is 3. The maximum absolute atomic E-state index is 13.2. The third-order valence-corrected chi connectivity index (χ3v) is 4.53. The van der Waals surface area contributed by atoms with Gasteiger partial charge in [0.2, 0.25) is 0 Å². The van der Waals surface area contributed by atoms with Gasteiger partial charge in [0.05, 0.1) is 31.0 Å². The summed E-state index contributed by atoms with van der Waals surface area (Å²) in [6.45, 7) is 3.33. The number of hydrogen-bond donors (Lipinski definition) is 1. The SMILES string of the molecule is CCOc1cn(-c2ccccc2)nc1C(=O)N(CCC(=O)O)C[C@@H]1CCCO1. The first kappa shape index (κ1) is 19.9. The highest BCUT2D eigenvalue weighted by molar-refractivity contribution is 5.95. The summed E-state index contributed by atoms with van der Waals surface area (Å²) in [6.07, 6.45) is 3.26. The third kappa shape index (κ3) is 4.89. The summed E-state index contributed by atoms with van der Waals surface area (Å²) in [5.41, 5.74) is 0.979. The molecule has 1 N–H and O–H groups in total. The zero-order valence-corrected chi connectivity index (χ0v) is 15.9. The summed E-state index contributed by atoms with van der Waals surface area (Å²) in [6, 6.07) is 9.43. The van der Waals surface area contributed by atoms with Gasteiger partial charge in [-0.05, 0) is 31.9 Å². The molecule has 0 aliphatic carbocycles. The van der Waals surface area contributed by atoms with Gasteiger partial charge < -0.3 is 19.5 Å². The Hall–Kier alpha value is -2.87. The molecule has 0 unspecified atom stereocenters. The van der Waals surface area contributed by atoms with E-state index in [4.69, 9.17) is 14.6 Å². The van der Waals surface area contributed by atoms with Crippen molar-refractivity contribution in [1.29, 1.82) is 0 Å². The van der Waals surface area contributed by atoms with Crippen molar-refractivity contribution >= 4 is 11.9 Å². The molecule has 1 saturated heterocycles. The zero-order chi connectivity index (χ0) is 19.9. The molecule has 1 aromatic heterocycles. The number of carboxylic acid groups (broad SMARTS) is 1. The molecule has 1 atom stereocenters. The predicted molar refractivity (Wildman–Crippen MR) is 102 cm³/mol. The smallest absolute Gasteiger partial charge is 0.305 e. The Morgan fingerprint density at radius 1 is 1.36 bits per heavy atom. The molecule has 1 amide bonds. The number of para-hydroxylation sites is 1. The Balaban J connectivity index is 1.87. The van der Waals surface area contributed by atoms with Crippen LogP contribution in [0, 0.1) is 0 Å². The van der Waals surface area contributed by atoms with Crippen LogP contribution in [0.25, 0.3) is 5.69 Å². The van der Waals surface area contributed by atoms with Crippen LogP contribution in [0.1, 0.15) is 36.7 Å². The van der Waals surface area contributed by atoms with Crippen LogP contribution in [0.5, 0.6) is 5.75 Å². The molecule has 0 bridgehead atoms. The number of amides is 1. The molecule has 0 radical (unpaired) electrons. The summed E-state index contributed by atoms with van der Waals surface area (Å²) < 4.78 is 12.9. The van der Waals surface area contributed by atoms with Crippen molar-refractivity contribution in [2.45, 2.75) is 32.3 Å². The highest BCUT2D eigenvalue weighted by atomic mass is 16.5. The molecule has 1 aromatic carbocycles. The fraction of sp³-hybridized carbons (Fsp3) is 0.450. The van der Waals surface area contributed by atoms with Crippen LogP contribution in [0.3, 0.4) is 0 Å². The minimum atomic E-state index is -0.954. The van der Waals surface area contributed by atoms with E-state index in [9.17, 15) is 9.59 Å². The normalized spacial score (nSPS) is 16.1. The molecule has 2 aromatic rings. The predicted octanol–water partition coefficient (Wildman–Crippen LogP) is 2.37. The number of rotatable bonds is 9. The lowest BCUT2D eigenvalue weighted by Crippen LogP contribution is -2.39. The van der Waals surface area contributed by atoms with E-state index >= 15 is 0 Å². The van der Waals surface area contributed by atoms with E-state index in [1.807, 2.05) is 37.3 Å². The highest BCUT2D eigenvalue weighted by Gasteiger charge is 2.28. The van der Waals surface area contributed by atoms with Gasteiger partial charge in [-0.1, -0.05) is 18.2 Å². The van der Waals surface area contributed by atoms with Gasteiger partial charge in [-0.3, -0.25) is 9.59 Å². The van der Waals surface area contributed by atoms with E-state index in [-0.39, 0.29) is 30.7 Å². The molecule has 1 aliphatic heterocycles. The van der Waals surface area contributed by atoms with Crippen molar-refractivity contribution in [2.24, 2.45) is 0 Å². The number of hydrogen-bond acceptors (Lipinski definition) is 5. The number of carbonyl (C=O) groups excluding carboxylic acids is 1. The van der Waals surface area contributed by atoms with E-state index in [2.05, 4.69) is 5.10 Å². The van der Waals surface area contributed by atoms with Crippen molar-refractivity contribution in [3.05, 3.63) is 42.2 Å². The molecule has 8 heteroatoms. The molecule has 1 fully saturated rings. The van der Waals surface area contributed by atoms with Crippen LogP contribution in [0.15, 0.2) is 36.5 Å². The van der Waals surface area contributed by atoms with Crippen molar-refractivity contribution in [1.82, 2.24) is 14.7 Å². The van der Waals surface area contributed by atoms with Crippen LogP contribution in [-0.4, -0.2) is 64.1 Å². The van der Waals surface area contributed by atoms with Crippen molar-refractivity contribution in [3.8, 4) is 11.4 Å². The van der Waals surface area contributed by atoms with E-state index in [1.54, 1.807) is 10.9 Å². The first-order chi connectivity index (χ1) is 13.6. The molecule has 8 nitrogen and oxygen atoms in total. The standard InChI is InChI=1S/C20H25N3O5/c1-2-27-17-14-23(15-7-4-3-5-8-15)21-19(17)20(26)22(11-10-18(24)25)13-16-9-6-12-28-16/h3-5,7-8,14,16H,2,6,9-13H2,1H3,(H,24,25)/t16-/m0/s1. The maximum atomic E-state index is 13.2. The quantitative estimate of drug-likeness (QED) is 0.710. The summed E-state index contributed by atoms with van der Waals surface area (Å²) in [7, 11) is 0. The van der Waals surface area contributed by atoms with Crippen molar-refractivity contribution in [3.63, 3.8) is 0 Å². The summed E-state index contributed by atoms with van der Waals surface area (Å²) in [4.78, 5) is 25.8. The Kier molecular flexibility index (Phi) is 6.65. The van der Waals surface area contributed by atoms with Crippen LogP contribution >= 0.6 is 0 Å². The van der Waals surface area contributed by atoms with Crippen LogP contribution < -0.4 is 4.74 Å². The maximum Gasteiger partial charge on any atom is 0.305 e. The van der Waals surface area contributed by atoms with Gasteiger partial charge in [0.1, 0.15) is 0 Å². The lowest BCUT2D eigenvalue weighted by molar-refractivity contribution is -0.137. The van der Waals surface area contributed by atoms with Crippen molar-refractivity contribution in [2.75, 3.05) is 26.3 Å². The zero-order valence-electron chi connectivity index (χ0n) is 15.9. The van der Waals surface area contributed by atoms with E-state index in [0.29, 0.717) is 25.5 Å². The molecule has 28 heavy (non-hydrogen) atoms. The highest BCUT2D eigenvalue weighted by Crippen LogP contribution is 2.23. The van der Waals surface area contributed by atoms with Gasteiger partial charge in [-0.2, -0.15) is 5.10 Å². The first-order valence-electron chi connectivity index (χ1n) is 9.49. The van der Waals surface area contributed by atoms with Gasteiger partial charge in [0.25, 0.3) is 5.91 Å². The fourth-order valence-electron chi connectivity index (χ4n) is 3.17. The topological polar surface area (TPSA) is 93.9 Å². The van der Waals surface area contributed by atoms with Crippen LogP contribution in [0.4, 0.5) is 0 Å². The van der Waals surface area contributed by atoms with Crippen LogP contribution in [0.2, 0.25) is 0 Å². The summed E-state index contributed by atoms with van der Waals surface area (Å²) in [5, 5.41) is 13.5. The van der Waals surface area contributed by atoms with Gasteiger partial charge in [0.15, 0.2) is 11.4 Å². The number of aromatic nitrogens is 2. The summed E-state index contributed by atoms with van der Waals surface area (Å²) in [5.74, 6) is -0.927. The average Bonchev–Trinajstić information content (AvgIpc) is 3.35. The number of carboxylic acids is 1. The molecule has 2 heterocycles. The number of aliphatic carboxylic acids is 1. The Bertz CT molecular complexity index is 799. The van der Waals surface area contributed by atoms with E-state index in [0.717, 1.165) is 18.5 Å². The molecule has 0 spiro atoms. The number of ether oxygens (including phenoxy) is 2. The summed E-state index contributed by atoms with van der Waals surface area (Å²) >= 11 is 0. The molecule has 0 saturated carbocycles. The second-order valence-corrected chi connectivity index (χ2v) is 6.59. The van der Waals surface area contributed by atoms with Gasteiger partial charge in [-0.15, -0.1) is 0 Å². The van der Waals surface area contributed by atoms with Gasteiger partial charge in [0, 0.05) is 19.7 Å². The van der Waals surface area contributed by atoms with E-state index in [1.165, 1.54) is 4.90 Å². The Labute approximate surface area is 163 Å². The van der Waals surface area contributed by atoms with Gasteiger partial charge in [-0.25, -0.2) is 4.68 Å². The van der Waals surface area contributed by atoms with E-state index < -0.39 is 5.97 Å². The third-order valence-electron chi connectivity index (χ3n) is 4.53. The minimum Gasteiger partial charge on any atom is -0.490 e. The fourth-order valence-corrected chi connectivity index (χ4v) is 3.17. The lowest BCUT2D eigenvalue weighted by Gasteiger charge is -2.24. The Morgan fingerprint density at radius 2 is 2.14 bits per heavy atom. The minimum absolute atomic E-state index is 0.0792. The second kappa shape index (κ2) is 9.36. The van der Waals surface area contributed by atoms with Crippen molar-refractivity contribution < 1.29 is 24.2 Å². The average molecular weight is 387 g/mol. The lowest BCUT2D eigenvalue weighted by atomic mass is 10.2. The monoisotopic (exact) mass is 387 g/mol. The Morgan fingerprint density at radius 3 is 2.79 bits per heavy atom. The molecular weight excluding hydrogens is 362 g/mol. The number of carbonyl (C=O) groups is 2. The van der Waals surface area contributed by atoms with Crippen LogP contribution in [-0.2, 0) is 9.53 Å².